The predicted octanol–water partition coefficient (Wildman–Crippen LogP) is 7.92. The number of carbonyl (C=O) groups is 2. The largest absolute Gasteiger partial charge is 0.494 e. The molecule has 4 aromatic carbocycles. The molecule has 1 heterocycles. The number of benzene rings is 4. The maximum absolute atomic E-state index is 14.2. The Morgan fingerprint density at radius 1 is 0.804 bits per heavy atom. The number of H-pyrrole nitrogens is 1. The van der Waals surface area contributed by atoms with Gasteiger partial charge < -0.3 is 19.5 Å². The number of hydrogen-bond acceptors (Lipinski definition) is 3. The number of fused-ring (bicyclic) bond motifs is 1. The van der Waals surface area contributed by atoms with Gasteiger partial charge in [0.05, 0.1) is 6.61 Å². The van der Waals surface area contributed by atoms with Gasteiger partial charge in [0, 0.05) is 42.3 Å². The molecule has 238 valence electrons. The number of amides is 2. The van der Waals surface area contributed by atoms with Crippen molar-refractivity contribution in [3.05, 3.63) is 137 Å². The quantitative estimate of drug-likeness (QED) is 0.154. The van der Waals surface area contributed by atoms with E-state index in [1.54, 1.807) is 17.0 Å². The molecular formula is C39H42FN3O3. The molecule has 1 N–H and O–H groups in total. The van der Waals surface area contributed by atoms with Crippen molar-refractivity contribution >= 4 is 22.7 Å². The van der Waals surface area contributed by atoms with E-state index in [0.717, 1.165) is 38.9 Å². The number of nitrogens with zero attached hydrogens (tertiary/aromatic N) is 2. The number of halogens is 1. The number of aromatic amines is 1. The molecule has 46 heavy (non-hydrogen) atoms. The normalized spacial score (nSPS) is 11.4. The van der Waals surface area contributed by atoms with E-state index in [-0.39, 0.29) is 36.1 Å². The number of nitrogens with one attached hydrogen (secondary N) is 1. The molecule has 0 fully saturated rings. The van der Waals surface area contributed by atoms with Gasteiger partial charge in [0.1, 0.15) is 18.1 Å². The van der Waals surface area contributed by atoms with Gasteiger partial charge in [-0.25, -0.2) is 4.39 Å². The number of aromatic nitrogens is 1. The Hall–Kier alpha value is -4.91. The molecule has 0 saturated carbocycles. The van der Waals surface area contributed by atoms with E-state index in [0.29, 0.717) is 31.7 Å². The third kappa shape index (κ3) is 8.21. The average Bonchev–Trinajstić information content (AvgIpc) is 3.47. The Bertz CT molecular complexity index is 1750. The van der Waals surface area contributed by atoms with Crippen LogP contribution in [0.2, 0.25) is 0 Å². The van der Waals surface area contributed by atoms with Crippen LogP contribution in [0.15, 0.2) is 103 Å². The highest BCUT2D eigenvalue weighted by Gasteiger charge is 2.24. The van der Waals surface area contributed by atoms with Crippen molar-refractivity contribution in [3.8, 4) is 5.75 Å². The zero-order chi connectivity index (χ0) is 32.7. The molecule has 0 spiro atoms. The van der Waals surface area contributed by atoms with Gasteiger partial charge in [-0.2, -0.15) is 0 Å². The number of para-hydroxylation sites is 1. The number of ether oxygens (including phenoxy) is 1. The van der Waals surface area contributed by atoms with E-state index < -0.39 is 0 Å². The molecule has 0 saturated heterocycles. The molecule has 1 aromatic heterocycles. The summed E-state index contributed by atoms with van der Waals surface area (Å²) < 4.78 is 19.3. The molecule has 0 atom stereocenters. The smallest absolute Gasteiger partial charge is 0.254 e. The standard InChI is InChI=1S/C39H42FN3O3/c1-5-46-34-20-12-29(13-21-34)25-42(23-22-31-24-41-36-9-7-6-8-35(31)36)37(44)27-43(26-28-10-18-33(40)19-11-28)38(45)30-14-16-32(17-15-30)39(2,3)4/h6-21,24,41H,5,22-23,25-27H2,1-4H3. The van der Waals surface area contributed by atoms with E-state index >= 15 is 0 Å². The first kappa shape index (κ1) is 32.5. The van der Waals surface area contributed by atoms with Gasteiger partial charge in [-0.3, -0.25) is 9.59 Å². The second-order valence-corrected chi connectivity index (χ2v) is 12.6. The first-order chi connectivity index (χ1) is 22.1. The lowest BCUT2D eigenvalue weighted by Crippen LogP contribution is -2.43. The van der Waals surface area contributed by atoms with Crippen LogP contribution in [0, 0.1) is 5.82 Å². The van der Waals surface area contributed by atoms with Crippen molar-refractivity contribution in [3.63, 3.8) is 0 Å². The van der Waals surface area contributed by atoms with Crippen LogP contribution < -0.4 is 4.74 Å². The molecular weight excluding hydrogens is 577 g/mol. The summed E-state index contributed by atoms with van der Waals surface area (Å²) in [6.07, 6.45) is 2.64. The molecule has 6 nitrogen and oxygen atoms in total. The maximum atomic E-state index is 14.2. The van der Waals surface area contributed by atoms with Crippen molar-refractivity contribution in [2.45, 2.75) is 52.6 Å². The molecule has 0 aliphatic heterocycles. The lowest BCUT2D eigenvalue weighted by molar-refractivity contribution is -0.132. The van der Waals surface area contributed by atoms with Crippen molar-refractivity contribution in [1.82, 2.24) is 14.8 Å². The van der Waals surface area contributed by atoms with E-state index in [4.69, 9.17) is 4.74 Å². The van der Waals surface area contributed by atoms with Crippen molar-refractivity contribution in [2.24, 2.45) is 0 Å². The van der Waals surface area contributed by atoms with Crippen molar-refractivity contribution < 1.29 is 18.7 Å². The summed E-state index contributed by atoms with van der Waals surface area (Å²) in [7, 11) is 0. The van der Waals surface area contributed by atoms with Gasteiger partial charge in [-0.15, -0.1) is 0 Å². The van der Waals surface area contributed by atoms with Gasteiger partial charge >= 0.3 is 0 Å². The van der Waals surface area contributed by atoms with Gasteiger partial charge in [-0.05, 0) is 83.5 Å². The van der Waals surface area contributed by atoms with Crippen molar-refractivity contribution in [1.29, 1.82) is 0 Å². The summed E-state index contributed by atoms with van der Waals surface area (Å²) in [4.78, 5) is 34.8. The number of carbonyl (C=O) groups excluding carboxylic acids is 2. The fraction of sp³-hybridized carbons (Fsp3) is 0.282. The second kappa shape index (κ2) is 14.5. The summed E-state index contributed by atoms with van der Waals surface area (Å²) in [5, 5.41) is 1.13. The van der Waals surface area contributed by atoms with Crippen LogP contribution in [0.4, 0.5) is 4.39 Å². The number of hydrogen-bond donors (Lipinski definition) is 1. The minimum Gasteiger partial charge on any atom is -0.494 e. The molecule has 0 unspecified atom stereocenters. The highest BCUT2D eigenvalue weighted by molar-refractivity contribution is 5.96. The van der Waals surface area contributed by atoms with E-state index in [9.17, 15) is 14.0 Å². The SMILES string of the molecule is CCOc1ccc(CN(CCc2c[nH]c3ccccc23)C(=O)CN(Cc2ccc(F)cc2)C(=O)c2ccc(C(C)(C)C)cc2)cc1. The lowest BCUT2D eigenvalue weighted by atomic mass is 9.86. The van der Waals surface area contributed by atoms with Gasteiger partial charge in [0.25, 0.3) is 5.91 Å². The van der Waals surface area contributed by atoms with Crippen LogP contribution in [0.3, 0.4) is 0 Å². The Morgan fingerprint density at radius 3 is 2.09 bits per heavy atom. The minimum atomic E-state index is -0.353. The summed E-state index contributed by atoms with van der Waals surface area (Å²) in [6, 6.07) is 29.5. The van der Waals surface area contributed by atoms with Gasteiger partial charge in [0.15, 0.2) is 0 Å². The summed E-state index contributed by atoms with van der Waals surface area (Å²) in [5.74, 6) is -0.00275. The Kier molecular flexibility index (Phi) is 10.2. The fourth-order valence-electron chi connectivity index (χ4n) is 5.53. The van der Waals surface area contributed by atoms with Crippen LogP contribution in [0.5, 0.6) is 5.75 Å². The lowest BCUT2D eigenvalue weighted by Gasteiger charge is -2.28. The molecule has 5 rings (SSSR count). The van der Waals surface area contributed by atoms with Crippen LogP contribution in [0.1, 0.15) is 60.3 Å². The van der Waals surface area contributed by atoms with E-state index in [2.05, 4.69) is 31.8 Å². The Balaban J connectivity index is 1.41. The van der Waals surface area contributed by atoms with Gasteiger partial charge in [0.2, 0.25) is 5.91 Å². The topological polar surface area (TPSA) is 65.6 Å². The zero-order valence-corrected chi connectivity index (χ0v) is 27.1. The molecule has 0 radical (unpaired) electrons. The Labute approximate surface area is 270 Å². The fourth-order valence-corrected chi connectivity index (χ4v) is 5.53. The molecule has 0 aliphatic carbocycles. The monoisotopic (exact) mass is 619 g/mol. The zero-order valence-electron chi connectivity index (χ0n) is 27.1. The van der Waals surface area contributed by atoms with E-state index in [1.165, 1.54) is 12.1 Å². The van der Waals surface area contributed by atoms with Crippen LogP contribution in [-0.2, 0) is 29.7 Å². The first-order valence-electron chi connectivity index (χ1n) is 15.8. The summed E-state index contributed by atoms with van der Waals surface area (Å²) in [6.45, 7) is 9.78. The molecule has 7 heteroatoms. The number of rotatable bonds is 12. The van der Waals surface area contributed by atoms with E-state index in [1.807, 2.05) is 84.8 Å². The predicted molar refractivity (Wildman–Crippen MR) is 181 cm³/mol. The molecule has 0 aliphatic rings. The third-order valence-corrected chi connectivity index (χ3v) is 8.18. The Morgan fingerprint density at radius 2 is 1.43 bits per heavy atom. The maximum Gasteiger partial charge on any atom is 0.254 e. The highest BCUT2D eigenvalue weighted by Crippen LogP contribution is 2.24. The molecule has 0 bridgehead atoms. The summed E-state index contributed by atoms with van der Waals surface area (Å²) >= 11 is 0. The summed E-state index contributed by atoms with van der Waals surface area (Å²) in [5.41, 5.74) is 5.44. The first-order valence-corrected chi connectivity index (χ1v) is 15.8. The second-order valence-electron chi connectivity index (χ2n) is 12.6. The molecule has 5 aromatic rings. The molecule has 2 amide bonds. The highest BCUT2D eigenvalue weighted by atomic mass is 19.1. The van der Waals surface area contributed by atoms with Crippen LogP contribution in [0.25, 0.3) is 10.9 Å². The van der Waals surface area contributed by atoms with Gasteiger partial charge in [-0.1, -0.05) is 75.4 Å². The average molecular weight is 620 g/mol. The van der Waals surface area contributed by atoms with Crippen LogP contribution >= 0.6 is 0 Å². The van der Waals surface area contributed by atoms with Crippen molar-refractivity contribution in [2.75, 3.05) is 19.7 Å². The third-order valence-electron chi connectivity index (χ3n) is 8.18. The van der Waals surface area contributed by atoms with Crippen LogP contribution in [-0.4, -0.2) is 46.3 Å². The minimum absolute atomic E-state index is 0.0580.